The van der Waals surface area contributed by atoms with Gasteiger partial charge in [-0.25, -0.2) is 0 Å². The van der Waals surface area contributed by atoms with Gasteiger partial charge in [-0.1, -0.05) is 54.5 Å². The van der Waals surface area contributed by atoms with E-state index in [0.29, 0.717) is 0 Å². The van der Waals surface area contributed by atoms with Crippen molar-refractivity contribution in [1.82, 2.24) is 4.98 Å². The lowest BCUT2D eigenvalue weighted by atomic mass is 9.52. The number of hydrogen-bond acceptors (Lipinski definition) is 1. The van der Waals surface area contributed by atoms with Crippen molar-refractivity contribution < 1.29 is 0 Å². The van der Waals surface area contributed by atoms with Crippen molar-refractivity contribution in [3.63, 3.8) is 0 Å². The Labute approximate surface area is 100 Å². The third-order valence-electron chi connectivity index (χ3n) is 4.24. The van der Waals surface area contributed by atoms with Gasteiger partial charge in [-0.05, 0) is 22.5 Å². The summed E-state index contributed by atoms with van der Waals surface area (Å²) in [5.74, 6) is 0. The Bertz CT molecular complexity index is 324. The Morgan fingerprint density at radius 3 is 1.69 bits per heavy atom. The summed E-state index contributed by atoms with van der Waals surface area (Å²) in [4.78, 5) is 4.28. The Balaban J connectivity index is 3.39. The molecule has 0 amide bonds. The van der Waals surface area contributed by atoms with Crippen molar-refractivity contribution in [1.29, 1.82) is 0 Å². The summed E-state index contributed by atoms with van der Waals surface area (Å²) in [7, 11) is 0. The lowest BCUT2D eigenvalue weighted by Crippen LogP contribution is -2.47. The first-order valence-corrected chi connectivity index (χ1v) is 6.01. The highest BCUT2D eigenvalue weighted by atomic mass is 14.6. The van der Waals surface area contributed by atoms with Gasteiger partial charge in [-0.2, -0.15) is 0 Å². The summed E-state index contributed by atoms with van der Waals surface area (Å²) in [5.41, 5.74) is 1.84. The first-order valence-electron chi connectivity index (χ1n) is 6.01. The van der Waals surface area contributed by atoms with Gasteiger partial charge in [0, 0.05) is 17.8 Å². The fourth-order valence-electron chi connectivity index (χ4n) is 2.65. The van der Waals surface area contributed by atoms with Crippen LogP contribution in [0.2, 0.25) is 0 Å². The second-order valence-electron chi connectivity index (χ2n) is 6.87. The van der Waals surface area contributed by atoms with Crippen molar-refractivity contribution in [3.05, 3.63) is 30.1 Å². The average Bonchev–Trinajstić information content (AvgIpc) is 2.14. The molecular formula is C15H25N. The molecule has 90 valence electrons. The quantitative estimate of drug-likeness (QED) is 0.681. The monoisotopic (exact) mass is 219 g/mol. The van der Waals surface area contributed by atoms with E-state index in [2.05, 4.69) is 59.5 Å². The van der Waals surface area contributed by atoms with E-state index in [1.165, 1.54) is 5.56 Å². The molecule has 0 spiro atoms. The van der Waals surface area contributed by atoms with Crippen molar-refractivity contribution in [2.45, 2.75) is 53.9 Å². The van der Waals surface area contributed by atoms with Gasteiger partial charge in [0.25, 0.3) is 0 Å². The molecule has 0 unspecified atom stereocenters. The molecule has 0 saturated heterocycles. The lowest BCUT2D eigenvalue weighted by Gasteiger charge is -2.51. The molecule has 1 heteroatoms. The Hall–Kier alpha value is -0.850. The minimum absolute atomic E-state index is 0.105. The molecule has 0 fully saturated rings. The summed E-state index contributed by atoms with van der Waals surface area (Å²) in [6, 6.07) is 4.23. The summed E-state index contributed by atoms with van der Waals surface area (Å²) in [6.45, 7) is 16.2. The van der Waals surface area contributed by atoms with Gasteiger partial charge in [0.05, 0.1) is 0 Å². The fraction of sp³-hybridized carbons (Fsp3) is 0.667. The molecule has 0 saturated carbocycles. The van der Waals surface area contributed by atoms with E-state index in [-0.39, 0.29) is 16.2 Å². The second-order valence-corrected chi connectivity index (χ2v) is 6.87. The van der Waals surface area contributed by atoms with Crippen LogP contribution >= 0.6 is 0 Å². The van der Waals surface area contributed by atoms with Crippen LogP contribution in [0.5, 0.6) is 0 Å². The lowest BCUT2D eigenvalue weighted by molar-refractivity contribution is 0.0691. The first kappa shape index (κ1) is 13.2. The van der Waals surface area contributed by atoms with E-state index < -0.39 is 0 Å². The zero-order valence-corrected chi connectivity index (χ0v) is 11.8. The van der Waals surface area contributed by atoms with Gasteiger partial charge >= 0.3 is 0 Å². The summed E-state index contributed by atoms with van der Waals surface area (Å²) >= 11 is 0. The van der Waals surface area contributed by atoms with Crippen molar-refractivity contribution in [2.24, 2.45) is 10.8 Å². The molecule has 0 aliphatic heterocycles. The van der Waals surface area contributed by atoms with Crippen LogP contribution in [0, 0.1) is 10.8 Å². The van der Waals surface area contributed by atoms with E-state index in [0.717, 1.165) is 0 Å². The maximum atomic E-state index is 4.28. The third kappa shape index (κ3) is 2.00. The highest BCUT2D eigenvalue weighted by Gasteiger charge is 2.47. The topological polar surface area (TPSA) is 12.9 Å². The van der Waals surface area contributed by atoms with Crippen LogP contribution in [-0.4, -0.2) is 4.98 Å². The SMILES string of the molecule is CC(C)(C)C(C)(c1cccnc1)C(C)(C)C. The predicted molar refractivity (Wildman–Crippen MR) is 70.5 cm³/mol. The van der Waals surface area contributed by atoms with E-state index in [9.17, 15) is 0 Å². The number of pyridine rings is 1. The number of rotatable bonds is 1. The van der Waals surface area contributed by atoms with Crippen LogP contribution in [0.15, 0.2) is 24.5 Å². The number of aromatic nitrogens is 1. The fourth-order valence-corrected chi connectivity index (χ4v) is 2.65. The third-order valence-corrected chi connectivity index (χ3v) is 4.24. The molecule has 16 heavy (non-hydrogen) atoms. The Morgan fingerprint density at radius 1 is 0.875 bits per heavy atom. The average molecular weight is 219 g/mol. The zero-order chi connectivity index (χ0) is 12.6. The second kappa shape index (κ2) is 3.87. The van der Waals surface area contributed by atoms with Gasteiger partial charge in [0.2, 0.25) is 0 Å². The van der Waals surface area contributed by atoms with Gasteiger partial charge in [0.1, 0.15) is 0 Å². The maximum absolute atomic E-state index is 4.28. The largest absolute Gasteiger partial charge is 0.264 e. The smallest absolute Gasteiger partial charge is 0.0305 e. The standard InChI is InChI=1S/C15H25N/c1-13(2,3)15(7,14(4,5)6)12-9-8-10-16-11-12/h8-11H,1-7H3. The van der Waals surface area contributed by atoms with Crippen LogP contribution in [0.3, 0.4) is 0 Å². The Kier molecular flexibility index (Phi) is 3.20. The molecule has 0 N–H and O–H groups in total. The van der Waals surface area contributed by atoms with Crippen molar-refractivity contribution in [3.8, 4) is 0 Å². The highest BCUT2D eigenvalue weighted by molar-refractivity contribution is 5.27. The summed E-state index contributed by atoms with van der Waals surface area (Å²) in [6.07, 6.45) is 3.85. The normalized spacial score (nSPS) is 13.9. The maximum Gasteiger partial charge on any atom is 0.0305 e. The molecule has 0 bridgehead atoms. The summed E-state index contributed by atoms with van der Waals surface area (Å²) in [5, 5.41) is 0. The number of hydrogen-bond donors (Lipinski definition) is 0. The zero-order valence-electron chi connectivity index (χ0n) is 11.8. The van der Waals surface area contributed by atoms with E-state index in [1.54, 1.807) is 0 Å². The minimum Gasteiger partial charge on any atom is -0.264 e. The molecule has 1 aromatic rings. The van der Waals surface area contributed by atoms with E-state index >= 15 is 0 Å². The van der Waals surface area contributed by atoms with E-state index in [1.807, 2.05) is 18.5 Å². The van der Waals surface area contributed by atoms with Gasteiger partial charge in [-0.3, -0.25) is 4.98 Å². The molecular weight excluding hydrogens is 194 g/mol. The molecule has 1 rings (SSSR count). The molecule has 1 nitrogen and oxygen atoms in total. The number of nitrogens with zero attached hydrogens (tertiary/aromatic N) is 1. The van der Waals surface area contributed by atoms with Gasteiger partial charge in [0.15, 0.2) is 0 Å². The molecule has 0 aliphatic carbocycles. The summed E-state index contributed by atoms with van der Waals surface area (Å²) < 4.78 is 0. The van der Waals surface area contributed by atoms with Crippen molar-refractivity contribution >= 4 is 0 Å². The molecule has 0 aromatic carbocycles. The van der Waals surface area contributed by atoms with Gasteiger partial charge < -0.3 is 0 Å². The molecule has 1 heterocycles. The molecule has 0 aliphatic rings. The molecule has 0 atom stereocenters. The minimum atomic E-state index is 0.105. The molecule has 1 aromatic heterocycles. The van der Waals surface area contributed by atoms with Crippen LogP contribution in [0.1, 0.15) is 54.0 Å². The van der Waals surface area contributed by atoms with Crippen LogP contribution < -0.4 is 0 Å². The van der Waals surface area contributed by atoms with E-state index in [4.69, 9.17) is 0 Å². The van der Waals surface area contributed by atoms with Crippen LogP contribution in [-0.2, 0) is 5.41 Å². The molecule has 0 radical (unpaired) electrons. The van der Waals surface area contributed by atoms with Gasteiger partial charge in [-0.15, -0.1) is 0 Å². The van der Waals surface area contributed by atoms with Crippen LogP contribution in [0.25, 0.3) is 0 Å². The first-order chi connectivity index (χ1) is 7.11. The predicted octanol–water partition coefficient (Wildman–Crippen LogP) is 4.43. The van der Waals surface area contributed by atoms with Crippen LogP contribution in [0.4, 0.5) is 0 Å². The Morgan fingerprint density at radius 2 is 1.38 bits per heavy atom. The highest BCUT2D eigenvalue weighted by Crippen LogP contribution is 2.52. The van der Waals surface area contributed by atoms with Crippen molar-refractivity contribution in [2.75, 3.05) is 0 Å².